The van der Waals surface area contributed by atoms with Crippen LogP contribution in [0.2, 0.25) is 0 Å². The van der Waals surface area contributed by atoms with E-state index < -0.39 is 17.6 Å². The highest BCUT2D eigenvalue weighted by molar-refractivity contribution is 6.03. The van der Waals surface area contributed by atoms with E-state index in [9.17, 15) is 14.4 Å². The van der Waals surface area contributed by atoms with Crippen LogP contribution in [0.3, 0.4) is 0 Å². The Morgan fingerprint density at radius 2 is 1.68 bits per heavy atom. The van der Waals surface area contributed by atoms with Gasteiger partial charge in [-0.1, -0.05) is 70.4 Å². The van der Waals surface area contributed by atoms with Gasteiger partial charge in [-0.2, -0.15) is 0 Å². The molecule has 0 aliphatic heterocycles. The Labute approximate surface area is 221 Å². The SMILES string of the molecule is CCOC(=O)C(CC(C)(C)C)n1c(-c2ccc(C)cc2)c(C)c(C(=O)CC2CCC(C)CC2)c(N)c1=O. The van der Waals surface area contributed by atoms with Crippen LogP contribution >= 0.6 is 0 Å². The number of ether oxygens (including phenoxy) is 1. The van der Waals surface area contributed by atoms with Crippen LogP contribution in [-0.2, 0) is 9.53 Å². The monoisotopic (exact) mass is 508 g/mol. The number of hydrogen-bond donors (Lipinski definition) is 1. The number of rotatable bonds is 8. The molecule has 1 saturated carbocycles. The standard InChI is InChI=1S/C31H44N2O4/c1-8-37-30(36)24(18-31(5,6)7)33-28(23-15-11-20(3)12-16-23)21(4)26(27(32)29(33)35)25(34)17-22-13-9-19(2)10-14-22/h11-12,15-16,19,22,24H,8-10,13-14,17-18,32H2,1-7H3. The minimum atomic E-state index is -0.867. The molecule has 1 aliphatic rings. The summed E-state index contributed by atoms with van der Waals surface area (Å²) in [5, 5.41) is 0. The Balaban J connectivity index is 2.23. The normalized spacial score (nSPS) is 18.9. The number of anilines is 1. The lowest BCUT2D eigenvalue weighted by molar-refractivity contribution is -0.148. The summed E-state index contributed by atoms with van der Waals surface area (Å²) in [5.74, 6) is 0.441. The Morgan fingerprint density at radius 3 is 2.22 bits per heavy atom. The second-order valence-electron chi connectivity index (χ2n) is 12.1. The Morgan fingerprint density at radius 1 is 1.08 bits per heavy atom. The summed E-state index contributed by atoms with van der Waals surface area (Å²) in [6, 6.07) is 6.93. The van der Waals surface area contributed by atoms with Gasteiger partial charge < -0.3 is 10.5 Å². The molecule has 1 unspecified atom stereocenters. The number of Topliss-reactive ketones (excluding diaryl/α,β-unsaturated/α-hetero) is 1. The third kappa shape index (κ3) is 6.71. The largest absolute Gasteiger partial charge is 0.464 e. The maximum absolute atomic E-state index is 14.0. The van der Waals surface area contributed by atoms with Crippen molar-refractivity contribution in [3.63, 3.8) is 0 Å². The van der Waals surface area contributed by atoms with Gasteiger partial charge in [0.25, 0.3) is 5.56 Å². The fraction of sp³-hybridized carbons (Fsp3) is 0.581. The first-order chi connectivity index (χ1) is 17.3. The van der Waals surface area contributed by atoms with Gasteiger partial charge in [-0.05, 0) is 68.4 Å². The molecule has 2 aromatic rings. The summed E-state index contributed by atoms with van der Waals surface area (Å²) >= 11 is 0. The van der Waals surface area contributed by atoms with Crippen molar-refractivity contribution < 1.29 is 14.3 Å². The van der Waals surface area contributed by atoms with Crippen LogP contribution in [0.25, 0.3) is 11.3 Å². The van der Waals surface area contributed by atoms with Gasteiger partial charge in [0.2, 0.25) is 0 Å². The third-order valence-corrected chi connectivity index (χ3v) is 7.58. The van der Waals surface area contributed by atoms with Crippen LogP contribution in [0.15, 0.2) is 29.1 Å². The average Bonchev–Trinajstić information content (AvgIpc) is 2.82. The predicted octanol–water partition coefficient (Wildman–Crippen LogP) is 6.65. The number of carbonyl (C=O) groups is 2. The van der Waals surface area contributed by atoms with Gasteiger partial charge in [0.1, 0.15) is 11.7 Å². The van der Waals surface area contributed by atoms with E-state index in [1.165, 1.54) is 4.57 Å². The first kappa shape index (κ1) is 28.7. The van der Waals surface area contributed by atoms with Crippen LogP contribution in [0.4, 0.5) is 5.69 Å². The number of carbonyl (C=O) groups excluding carboxylic acids is 2. The fourth-order valence-corrected chi connectivity index (χ4v) is 5.56. The summed E-state index contributed by atoms with van der Waals surface area (Å²) in [6.45, 7) is 14.1. The number of nitrogens with zero attached hydrogens (tertiary/aromatic N) is 1. The van der Waals surface area contributed by atoms with Crippen LogP contribution in [-0.4, -0.2) is 22.9 Å². The van der Waals surface area contributed by atoms with Crippen LogP contribution < -0.4 is 11.3 Å². The van der Waals surface area contributed by atoms with Crippen molar-refractivity contribution in [1.82, 2.24) is 4.57 Å². The minimum Gasteiger partial charge on any atom is -0.464 e. The van der Waals surface area contributed by atoms with E-state index in [1.54, 1.807) is 6.92 Å². The molecule has 1 aliphatic carbocycles. The fourth-order valence-electron chi connectivity index (χ4n) is 5.56. The highest BCUT2D eigenvalue weighted by Gasteiger charge is 2.34. The van der Waals surface area contributed by atoms with E-state index in [2.05, 4.69) is 6.92 Å². The maximum atomic E-state index is 14.0. The van der Waals surface area contributed by atoms with Gasteiger partial charge in [-0.25, -0.2) is 4.79 Å². The molecule has 1 heterocycles. The van der Waals surface area contributed by atoms with Crippen LogP contribution in [0, 0.1) is 31.1 Å². The zero-order valence-corrected chi connectivity index (χ0v) is 23.6. The van der Waals surface area contributed by atoms with Crippen molar-refractivity contribution in [3.05, 3.63) is 51.3 Å². The molecule has 0 saturated heterocycles. The summed E-state index contributed by atoms with van der Waals surface area (Å²) in [6.07, 6.45) is 5.05. The number of esters is 1. The molecule has 1 fully saturated rings. The van der Waals surface area contributed by atoms with E-state index >= 15 is 0 Å². The molecule has 6 nitrogen and oxygen atoms in total. The second kappa shape index (κ2) is 11.7. The first-order valence-electron chi connectivity index (χ1n) is 13.7. The molecule has 37 heavy (non-hydrogen) atoms. The Bertz CT molecular complexity index is 1180. The van der Waals surface area contributed by atoms with E-state index in [-0.39, 0.29) is 23.5 Å². The molecule has 3 rings (SSSR count). The maximum Gasteiger partial charge on any atom is 0.329 e. The number of nitrogens with two attached hydrogens (primary N) is 1. The topological polar surface area (TPSA) is 91.4 Å². The van der Waals surface area contributed by atoms with Crippen molar-refractivity contribution >= 4 is 17.4 Å². The number of nitrogen functional groups attached to an aromatic ring is 1. The summed E-state index contributed by atoms with van der Waals surface area (Å²) in [7, 11) is 0. The first-order valence-corrected chi connectivity index (χ1v) is 13.7. The highest BCUT2D eigenvalue weighted by atomic mass is 16.5. The number of pyridine rings is 1. The Hall–Kier alpha value is -2.89. The van der Waals surface area contributed by atoms with E-state index in [0.717, 1.165) is 36.8 Å². The van der Waals surface area contributed by atoms with Gasteiger partial charge in [0.15, 0.2) is 5.78 Å². The van der Waals surface area contributed by atoms with Gasteiger partial charge in [-0.3, -0.25) is 14.2 Å². The Kier molecular flexibility index (Phi) is 9.04. The predicted molar refractivity (Wildman–Crippen MR) is 150 cm³/mol. The molecule has 1 atom stereocenters. The quantitative estimate of drug-likeness (QED) is 0.318. The third-order valence-electron chi connectivity index (χ3n) is 7.58. The van der Waals surface area contributed by atoms with Crippen molar-refractivity contribution in [3.8, 4) is 11.3 Å². The zero-order valence-electron chi connectivity index (χ0n) is 23.6. The van der Waals surface area contributed by atoms with Gasteiger partial charge in [-0.15, -0.1) is 0 Å². The molecule has 0 amide bonds. The molecule has 0 radical (unpaired) electrons. The van der Waals surface area contributed by atoms with Crippen LogP contribution in [0.5, 0.6) is 0 Å². The molecule has 6 heteroatoms. The summed E-state index contributed by atoms with van der Waals surface area (Å²) in [5.41, 5.74) is 8.93. The lowest BCUT2D eigenvalue weighted by Crippen LogP contribution is -2.37. The molecular weight excluding hydrogens is 464 g/mol. The van der Waals surface area contributed by atoms with Crippen molar-refractivity contribution in [1.29, 1.82) is 0 Å². The van der Waals surface area contributed by atoms with Crippen molar-refractivity contribution in [2.75, 3.05) is 12.3 Å². The lowest BCUT2D eigenvalue weighted by atomic mass is 9.79. The smallest absolute Gasteiger partial charge is 0.329 e. The van der Waals surface area contributed by atoms with Gasteiger partial charge in [0.05, 0.1) is 17.9 Å². The number of aryl methyl sites for hydroxylation is 1. The van der Waals surface area contributed by atoms with Crippen LogP contribution in [0.1, 0.15) is 101 Å². The van der Waals surface area contributed by atoms with Gasteiger partial charge >= 0.3 is 5.97 Å². The molecular formula is C31H44N2O4. The average molecular weight is 509 g/mol. The number of hydrogen-bond acceptors (Lipinski definition) is 5. The van der Waals surface area contributed by atoms with E-state index in [1.807, 2.05) is 58.9 Å². The minimum absolute atomic E-state index is 0.0780. The number of ketones is 1. The van der Waals surface area contributed by atoms with E-state index in [4.69, 9.17) is 10.5 Å². The molecule has 2 N–H and O–H groups in total. The van der Waals surface area contributed by atoms with Crippen molar-refractivity contribution in [2.24, 2.45) is 17.3 Å². The summed E-state index contributed by atoms with van der Waals surface area (Å²) in [4.78, 5) is 40.9. The molecule has 202 valence electrons. The molecule has 1 aromatic carbocycles. The van der Waals surface area contributed by atoms with E-state index in [0.29, 0.717) is 41.5 Å². The molecule has 1 aromatic heterocycles. The lowest BCUT2D eigenvalue weighted by Gasteiger charge is -2.30. The van der Waals surface area contributed by atoms with Gasteiger partial charge in [0, 0.05) is 6.42 Å². The second-order valence-corrected chi connectivity index (χ2v) is 12.1. The number of benzene rings is 1. The molecule has 0 spiro atoms. The molecule has 0 bridgehead atoms. The zero-order chi connectivity index (χ0) is 27.5. The highest BCUT2D eigenvalue weighted by Crippen LogP contribution is 2.37. The van der Waals surface area contributed by atoms with Crippen molar-refractivity contribution in [2.45, 2.75) is 93.0 Å². The summed E-state index contributed by atoms with van der Waals surface area (Å²) < 4.78 is 6.91. The number of aromatic nitrogens is 1.